The van der Waals surface area contributed by atoms with Gasteiger partial charge in [0.05, 0.1) is 17.1 Å². The molecule has 0 spiro atoms. The van der Waals surface area contributed by atoms with Gasteiger partial charge in [0.2, 0.25) is 11.7 Å². The molecule has 3 aromatic rings. The van der Waals surface area contributed by atoms with Crippen molar-refractivity contribution in [1.29, 1.82) is 0 Å². The summed E-state index contributed by atoms with van der Waals surface area (Å²) in [6.07, 6.45) is -4.64. The van der Waals surface area contributed by atoms with Gasteiger partial charge in [-0.1, -0.05) is 35.9 Å². The second kappa shape index (κ2) is 7.06. The quantitative estimate of drug-likeness (QED) is 0.727. The Morgan fingerprint density at radius 2 is 1.89 bits per heavy atom. The van der Waals surface area contributed by atoms with Gasteiger partial charge in [0.15, 0.2) is 0 Å². The summed E-state index contributed by atoms with van der Waals surface area (Å²) in [5.41, 5.74) is 3.49. The van der Waals surface area contributed by atoms with E-state index in [0.29, 0.717) is 0 Å². The third-order valence-corrected chi connectivity index (χ3v) is 4.49. The number of carbonyl (C=O) groups excluding carboxylic acids is 1. The smallest absolute Gasteiger partial charge is 0.348 e. The number of hydrogen-bond donors (Lipinski definition) is 1. The Kier molecular flexibility index (Phi) is 4.95. The van der Waals surface area contributed by atoms with Gasteiger partial charge in [-0.05, 0) is 44.0 Å². The lowest BCUT2D eigenvalue weighted by molar-refractivity contribution is -0.147. The highest BCUT2D eigenvalue weighted by molar-refractivity contribution is 5.81. The zero-order chi connectivity index (χ0) is 19.8. The summed E-state index contributed by atoms with van der Waals surface area (Å²) in [4.78, 5) is 16.1. The van der Waals surface area contributed by atoms with Crippen LogP contribution < -0.4 is 5.32 Å². The minimum atomic E-state index is -4.64. The van der Waals surface area contributed by atoms with Crippen LogP contribution in [0, 0.1) is 13.8 Å². The van der Waals surface area contributed by atoms with E-state index in [9.17, 15) is 18.0 Å². The van der Waals surface area contributed by atoms with Crippen molar-refractivity contribution in [3.63, 3.8) is 0 Å². The first-order valence-electron chi connectivity index (χ1n) is 8.56. The molecular weight excluding hydrogens is 355 g/mol. The fourth-order valence-electron chi connectivity index (χ4n) is 3.19. The number of amides is 1. The predicted octanol–water partition coefficient (Wildman–Crippen LogP) is 4.55. The van der Waals surface area contributed by atoms with Gasteiger partial charge in [0, 0.05) is 0 Å². The van der Waals surface area contributed by atoms with Crippen molar-refractivity contribution in [3.05, 3.63) is 65.0 Å². The maximum Gasteiger partial charge on any atom is 0.449 e. The van der Waals surface area contributed by atoms with Crippen molar-refractivity contribution < 1.29 is 18.0 Å². The molecule has 7 heteroatoms. The first-order chi connectivity index (χ1) is 12.7. The average Bonchev–Trinajstić information content (AvgIpc) is 2.96. The van der Waals surface area contributed by atoms with Gasteiger partial charge in [-0.3, -0.25) is 4.79 Å². The monoisotopic (exact) mass is 375 g/mol. The standard InChI is InChI=1S/C20H20F3N3O/c1-12-8-9-13(2)15(10-12)14(3)24-18(27)11-26-17-7-5-4-6-16(17)25-19(26)20(21,22)23/h4-10,14H,11H2,1-3H3,(H,24,27). The number of alkyl halides is 3. The van der Waals surface area contributed by atoms with E-state index in [1.807, 2.05) is 39.0 Å². The fourth-order valence-corrected chi connectivity index (χ4v) is 3.19. The van der Waals surface area contributed by atoms with Crippen LogP contribution in [0.4, 0.5) is 13.2 Å². The highest BCUT2D eigenvalue weighted by atomic mass is 19.4. The van der Waals surface area contributed by atoms with Gasteiger partial charge in [0.25, 0.3) is 0 Å². The van der Waals surface area contributed by atoms with Gasteiger partial charge in [0.1, 0.15) is 6.54 Å². The van der Waals surface area contributed by atoms with Crippen LogP contribution in [0.1, 0.15) is 35.5 Å². The molecule has 4 nitrogen and oxygen atoms in total. The van der Waals surface area contributed by atoms with Crippen molar-refractivity contribution >= 4 is 16.9 Å². The maximum absolute atomic E-state index is 13.3. The minimum Gasteiger partial charge on any atom is -0.348 e. The second-order valence-electron chi connectivity index (χ2n) is 6.66. The summed E-state index contributed by atoms with van der Waals surface area (Å²) in [6, 6.07) is 11.8. The Bertz CT molecular complexity index is 992. The lowest BCUT2D eigenvalue weighted by Crippen LogP contribution is -2.31. The summed E-state index contributed by atoms with van der Waals surface area (Å²) >= 11 is 0. The largest absolute Gasteiger partial charge is 0.449 e. The van der Waals surface area contributed by atoms with Crippen LogP contribution in [0.3, 0.4) is 0 Å². The minimum absolute atomic E-state index is 0.209. The SMILES string of the molecule is Cc1ccc(C)c(C(C)NC(=O)Cn2c(C(F)(F)F)nc3ccccc32)c1. The lowest BCUT2D eigenvalue weighted by atomic mass is 10.00. The van der Waals surface area contributed by atoms with Gasteiger partial charge in [-0.25, -0.2) is 4.98 Å². The van der Waals surface area contributed by atoms with Gasteiger partial charge in [-0.2, -0.15) is 13.2 Å². The number of fused-ring (bicyclic) bond motifs is 1. The molecule has 3 rings (SSSR count). The summed E-state index contributed by atoms with van der Waals surface area (Å²) in [5, 5.41) is 2.79. The Hall–Kier alpha value is -2.83. The van der Waals surface area contributed by atoms with Crippen molar-refractivity contribution in [2.45, 2.75) is 39.5 Å². The Labute approximate surface area is 155 Å². The first kappa shape index (κ1) is 18.9. The van der Waals surface area contributed by atoms with Crippen molar-refractivity contribution in [2.75, 3.05) is 0 Å². The molecule has 1 aromatic heterocycles. The number of carbonyl (C=O) groups is 1. The molecule has 1 N–H and O–H groups in total. The number of aromatic nitrogens is 2. The van der Waals surface area contributed by atoms with Crippen LogP contribution >= 0.6 is 0 Å². The summed E-state index contributed by atoms with van der Waals surface area (Å²) in [7, 11) is 0. The zero-order valence-electron chi connectivity index (χ0n) is 15.3. The van der Waals surface area contributed by atoms with Crippen LogP contribution in [0.2, 0.25) is 0 Å². The Morgan fingerprint density at radius 3 is 2.59 bits per heavy atom. The lowest BCUT2D eigenvalue weighted by Gasteiger charge is -2.18. The Balaban J connectivity index is 1.87. The average molecular weight is 375 g/mol. The summed E-state index contributed by atoms with van der Waals surface area (Å²) < 4.78 is 41.0. The number of aryl methyl sites for hydroxylation is 2. The first-order valence-corrected chi connectivity index (χ1v) is 8.56. The fraction of sp³-hybridized carbons (Fsp3) is 0.300. The number of rotatable bonds is 4. The number of imidazole rings is 1. The molecule has 27 heavy (non-hydrogen) atoms. The molecule has 142 valence electrons. The van der Waals surface area contributed by atoms with E-state index in [1.54, 1.807) is 12.1 Å². The molecule has 0 fully saturated rings. The van der Waals surface area contributed by atoms with Crippen LogP contribution in [-0.4, -0.2) is 15.5 Å². The second-order valence-corrected chi connectivity index (χ2v) is 6.66. The molecule has 1 atom stereocenters. The molecule has 0 aliphatic rings. The van der Waals surface area contributed by atoms with Gasteiger partial charge >= 0.3 is 6.18 Å². The van der Waals surface area contributed by atoms with Gasteiger partial charge in [-0.15, -0.1) is 0 Å². The molecule has 1 amide bonds. The maximum atomic E-state index is 13.3. The van der Waals surface area contributed by atoms with E-state index < -0.39 is 24.5 Å². The van der Waals surface area contributed by atoms with Crippen LogP contribution in [0.15, 0.2) is 42.5 Å². The van der Waals surface area contributed by atoms with Gasteiger partial charge < -0.3 is 9.88 Å². The molecule has 1 unspecified atom stereocenters. The molecule has 2 aromatic carbocycles. The number of para-hydroxylation sites is 2. The summed E-state index contributed by atoms with van der Waals surface area (Å²) in [5.74, 6) is -1.57. The molecule has 0 bridgehead atoms. The normalized spacial score (nSPS) is 13.0. The predicted molar refractivity (Wildman–Crippen MR) is 97.2 cm³/mol. The molecule has 0 saturated heterocycles. The topological polar surface area (TPSA) is 46.9 Å². The molecule has 0 saturated carbocycles. The van der Waals surface area contributed by atoms with E-state index >= 15 is 0 Å². The number of hydrogen-bond acceptors (Lipinski definition) is 2. The van der Waals surface area contributed by atoms with Crippen molar-refractivity contribution in [1.82, 2.24) is 14.9 Å². The highest BCUT2D eigenvalue weighted by Crippen LogP contribution is 2.31. The van der Waals surface area contributed by atoms with Crippen LogP contribution in [0.25, 0.3) is 11.0 Å². The number of nitrogens with one attached hydrogen (secondary N) is 1. The van der Waals surface area contributed by atoms with Crippen LogP contribution in [-0.2, 0) is 17.5 Å². The number of benzene rings is 2. The van der Waals surface area contributed by atoms with E-state index in [4.69, 9.17) is 0 Å². The third-order valence-electron chi connectivity index (χ3n) is 4.49. The van der Waals surface area contributed by atoms with E-state index in [2.05, 4.69) is 10.3 Å². The molecular formula is C20H20F3N3O. The van der Waals surface area contributed by atoms with Crippen molar-refractivity contribution in [3.8, 4) is 0 Å². The molecule has 0 aliphatic heterocycles. The van der Waals surface area contributed by atoms with E-state index in [-0.39, 0.29) is 17.1 Å². The van der Waals surface area contributed by atoms with E-state index in [0.717, 1.165) is 21.3 Å². The summed E-state index contributed by atoms with van der Waals surface area (Å²) in [6.45, 7) is 5.24. The van der Waals surface area contributed by atoms with E-state index in [1.165, 1.54) is 12.1 Å². The van der Waals surface area contributed by atoms with Crippen LogP contribution in [0.5, 0.6) is 0 Å². The molecule has 0 radical (unpaired) electrons. The Morgan fingerprint density at radius 1 is 1.19 bits per heavy atom. The van der Waals surface area contributed by atoms with Crippen molar-refractivity contribution in [2.24, 2.45) is 0 Å². The highest BCUT2D eigenvalue weighted by Gasteiger charge is 2.38. The number of nitrogens with zero attached hydrogens (tertiary/aromatic N) is 2. The molecule has 1 heterocycles. The zero-order valence-corrected chi connectivity index (χ0v) is 15.3. The molecule has 0 aliphatic carbocycles. The number of halogens is 3. The third kappa shape index (κ3) is 3.97.